The summed E-state index contributed by atoms with van der Waals surface area (Å²) in [6, 6.07) is 4.56. The zero-order valence-electron chi connectivity index (χ0n) is 12.9. The Morgan fingerprint density at radius 3 is 2.62 bits per heavy atom. The Morgan fingerprint density at radius 2 is 2.14 bits per heavy atom. The molecule has 2 rings (SSSR count). The van der Waals surface area contributed by atoms with Crippen molar-refractivity contribution in [2.24, 2.45) is 17.6 Å². The maximum absolute atomic E-state index is 12.5. The summed E-state index contributed by atoms with van der Waals surface area (Å²) < 4.78 is 0. The van der Waals surface area contributed by atoms with Crippen LogP contribution in [0.2, 0.25) is 0 Å². The molecule has 5 heteroatoms. The van der Waals surface area contributed by atoms with Crippen LogP contribution >= 0.6 is 23.7 Å². The fourth-order valence-electron chi connectivity index (χ4n) is 3.18. The fourth-order valence-corrected chi connectivity index (χ4v) is 4.04. The van der Waals surface area contributed by atoms with E-state index >= 15 is 0 Å². The fraction of sp³-hybridized carbons (Fsp3) is 0.688. The van der Waals surface area contributed by atoms with Crippen LogP contribution in [0, 0.1) is 11.8 Å². The van der Waals surface area contributed by atoms with Crippen LogP contribution in [0.1, 0.15) is 56.9 Å². The molecule has 1 heterocycles. The molecule has 21 heavy (non-hydrogen) atoms. The van der Waals surface area contributed by atoms with Crippen molar-refractivity contribution in [3.63, 3.8) is 0 Å². The summed E-state index contributed by atoms with van der Waals surface area (Å²) in [6.45, 7) is 4.40. The lowest BCUT2D eigenvalue weighted by atomic mass is 9.92. The summed E-state index contributed by atoms with van der Waals surface area (Å²) in [7, 11) is 0. The van der Waals surface area contributed by atoms with Gasteiger partial charge in [0.15, 0.2) is 0 Å². The predicted molar refractivity (Wildman–Crippen MR) is 91.8 cm³/mol. The van der Waals surface area contributed by atoms with Gasteiger partial charge in [0.1, 0.15) is 0 Å². The van der Waals surface area contributed by atoms with Crippen molar-refractivity contribution in [2.45, 2.75) is 58.0 Å². The number of rotatable bonds is 6. The van der Waals surface area contributed by atoms with E-state index in [-0.39, 0.29) is 36.3 Å². The molecule has 0 bridgehead atoms. The SMILES string of the molecule is CCC(CC)C(NC(=O)C1CCC(N)C1)c1cccs1.Cl. The van der Waals surface area contributed by atoms with Gasteiger partial charge >= 0.3 is 0 Å². The second-order valence-electron chi connectivity index (χ2n) is 5.85. The number of carbonyl (C=O) groups excluding carboxylic acids is 1. The second kappa shape index (κ2) is 8.76. The van der Waals surface area contributed by atoms with E-state index in [2.05, 4.69) is 36.7 Å². The molecule has 0 aliphatic heterocycles. The number of hydrogen-bond donors (Lipinski definition) is 2. The Morgan fingerprint density at radius 1 is 1.43 bits per heavy atom. The summed E-state index contributed by atoms with van der Waals surface area (Å²) in [6.07, 6.45) is 4.93. The molecule has 1 aliphatic rings. The molecule has 120 valence electrons. The third kappa shape index (κ3) is 4.70. The smallest absolute Gasteiger partial charge is 0.223 e. The van der Waals surface area contributed by atoms with Crippen molar-refractivity contribution in [3.05, 3.63) is 22.4 Å². The maximum Gasteiger partial charge on any atom is 0.223 e. The van der Waals surface area contributed by atoms with Gasteiger partial charge < -0.3 is 11.1 Å². The largest absolute Gasteiger partial charge is 0.348 e. The average molecular weight is 331 g/mol. The van der Waals surface area contributed by atoms with Gasteiger partial charge in [0, 0.05) is 16.8 Å². The van der Waals surface area contributed by atoms with Crippen LogP contribution in [-0.4, -0.2) is 11.9 Å². The van der Waals surface area contributed by atoms with Crippen LogP contribution in [0.4, 0.5) is 0 Å². The minimum absolute atomic E-state index is 0. The Balaban J connectivity index is 0.00000220. The summed E-state index contributed by atoms with van der Waals surface area (Å²) >= 11 is 1.74. The Labute approximate surface area is 138 Å². The van der Waals surface area contributed by atoms with Crippen LogP contribution < -0.4 is 11.1 Å². The number of carbonyl (C=O) groups is 1. The van der Waals surface area contributed by atoms with Crippen molar-refractivity contribution in [1.29, 1.82) is 0 Å². The zero-order valence-corrected chi connectivity index (χ0v) is 14.5. The summed E-state index contributed by atoms with van der Waals surface area (Å²) in [5, 5.41) is 5.39. The average Bonchev–Trinajstić information content (AvgIpc) is 3.09. The van der Waals surface area contributed by atoms with E-state index in [1.807, 2.05) is 0 Å². The van der Waals surface area contributed by atoms with Gasteiger partial charge in [0.05, 0.1) is 6.04 Å². The minimum Gasteiger partial charge on any atom is -0.348 e. The van der Waals surface area contributed by atoms with Crippen LogP contribution in [0.25, 0.3) is 0 Å². The van der Waals surface area contributed by atoms with Gasteiger partial charge in [-0.1, -0.05) is 32.8 Å². The Hall–Kier alpha value is -0.580. The number of nitrogens with two attached hydrogens (primary N) is 1. The van der Waals surface area contributed by atoms with Gasteiger partial charge in [-0.25, -0.2) is 0 Å². The molecule has 1 amide bonds. The van der Waals surface area contributed by atoms with E-state index in [0.29, 0.717) is 5.92 Å². The molecule has 0 aromatic carbocycles. The van der Waals surface area contributed by atoms with E-state index in [0.717, 1.165) is 32.1 Å². The normalized spacial score (nSPS) is 22.9. The van der Waals surface area contributed by atoms with E-state index in [1.165, 1.54) is 4.88 Å². The number of nitrogens with one attached hydrogen (secondary N) is 1. The van der Waals surface area contributed by atoms with Crippen molar-refractivity contribution >= 4 is 29.7 Å². The molecular formula is C16H27ClN2OS. The van der Waals surface area contributed by atoms with Gasteiger partial charge in [-0.05, 0) is 36.6 Å². The molecule has 0 saturated heterocycles. The summed E-state index contributed by atoms with van der Waals surface area (Å²) in [5.74, 6) is 0.817. The second-order valence-corrected chi connectivity index (χ2v) is 6.83. The Kier molecular flexibility index (Phi) is 7.71. The van der Waals surface area contributed by atoms with Crippen molar-refractivity contribution < 1.29 is 4.79 Å². The Bertz CT molecular complexity index is 420. The van der Waals surface area contributed by atoms with Crippen LogP contribution in [0.5, 0.6) is 0 Å². The molecule has 1 aromatic rings. The minimum atomic E-state index is 0. The molecule has 1 aliphatic carbocycles. The molecule has 0 spiro atoms. The lowest BCUT2D eigenvalue weighted by molar-refractivity contribution is -0.126. The molecule has 1 saturated carbocycles. The standard InChI is InChI=1S/C16H26N2OS.ClH/c1-3-11(4-2)15(14-6-5-9-20-14)18-16(19)12-7-8-13(17)10-12;/h5-6,9,11-13,15H,3-4,7-8,10,17H2,1-2H3,(H,18,19);1H. The first kappa shape index (κ1) is 18.5. The number of amides is 1. The van der Waals surface area contributed by atoms with Crippen LogP contribution in [-0.2, 0) is 4.79 Å². The summed E-state index contributed by atoms with van der Waals surface area (Å²) in [4.78, 5) is 13.7. The predicted octanol–water partition coefficient (Wildman–Crippen LogP) is 3.89. The topological polar surface area (TPSA) is 55.1 Å². The van der Waals surface area contributed by atoms with E-state index < -0.39 is 0 Å². The van der Waals surface area contributed by atoms with Crippen LogP contribution in [0.15, 0.2) is 17.5 Å². The highest BCUT2D eigenvalue weighted by atomic mass is 35.5. The summed E-state index contributed by atoms with van der Waals surface area (Å²) in [5.41, 5.74) is 5.92. The molecule has 3 nitrogen and oxygen atoms in total. The van der Waals surface area contributed by atoms with Crippen molar-refractivity contribution in [2.75, 3.05) is 0 Å². The molecule has 3 N–H and O–H groups in total. The zero-order chi connectivity index (χ0) is 14.5. The maximum atomic E-state index is 12.5. The number of hydrogen-bond acceptors (Lipinski definition) is 3. The number of thiophene rings is 1. The quantitative estimate of drug-likeness (QED) is 0.831. The van der Waals surface area contributed by atoms with Gasteiger partial charge in [0.25, 0.3) is 0 Å². The highest BCUT2D eigenvalue weighted by molar-refractivity contribution is 7.10. The third-order valence-electron chi connectivity index (χ3n) is 4.51. The highest BCUT2D eigenvalue weighted by Crippen LogP contribution is 2.32. The first-order valence-corrected chi connectivity index (χ1v) is 8.63. The molecule has 0 radical (unpaired) electrons. The first-order chi connectivity index (χ1) is 9.65. The first-order valence-electron chi connectivity index (χ1n) is 7.75. The molecule has 3 unspecified atom stereocenters. The van der Waals surface area contributed by atoms with Crippen LogP contribution in [0.3, 0.4) is 0 Å². The lowest BCUT2D eigenvalue weighted by Gasteiger charge is -2.27. The van der Waals surface area contributed by atoms with Gasteiger partial charge in [-0.15, -0.1) is 23.7 Å². The van der Waals surface area contributed by atoms with E-state index in [4.69, 9.17) is 5.73 Å². The monoisotopic (exact) mass is 330 g/mol. The molecule has 1 aromatic heterocycles. The molecule has 1 fully saturated rings. The van der Waals surface area contributed by atoms with Gasteiger partial charge in [-0.3, -0.25) is 4.79 Å². The lowest BCUT2D eigenvalue weighted by Crippen LogP contribution is -2.36. The van der Waals surface area contributed by atoms with Gasteiger partial charge in [-0.2, -0.15) is 0 Å². The highest BCUT2D eigenvalue weighted by Gasteiger charge is 2.31. The molecular weight excluding hydrogens is 304 g/mol. The third-order valence-corrected chi connectivity index (χ3v) is 5.47. The van der Waals surface area contributed by atoms with Gasteiger partial charge in [0.2, 0.25) is 5.91 Å². The molecule has 3 atom stereocenters. The van der Waals surface area contributed by atoms with E-state index in [1.54, 1.807) is 11.3 Å². The van der Waals surface area contributed by atoms with Crippen molar-refractivity contribution in [3.8, 4) is 0 Å². The van der Waals surface area contributed by atoms with E-state index in [9.17, 15) is 4.79 Å². The van der Waals surface area contributed by atoms with Crippen molar-refractivity contribution in [1.82, 2.24) is 5.32 Å². The number of halogens is 1.